The monoisotopic (exact) mass is 473 g/mol. The van der Waals surface area contributed by atoms with Gasteiger partial charge in [-0.05, 0) is 81.5 Å². The minimum atomic E-state index is -0.484. The summed E-state index contributed by atoms with van der Waals surface area (Å²) in [5.74, 6) is 1.99. The summed E-state index contributed by atoms with van der Waals surface area (Å²) in [6, 6.07) is 5.54. The lowest BCUT2D eigenvalue weighted by atomic mass is 9.86. The van der Waals surface area contributed by atoms with Gasteiger partial charge in [0.2, 0.25) is 5.88 Å². The number of hydrogen-bond donors (Lipinski definition) is 2. The lowest BCUT2D eigenvalue weighted by Gasteiger charge is -2.28. The topological polar surface area (TPSA) is 112 Å². The molecule has 0 unspecified atom stereocenters. The zero-order valence-electron chi connectivity index (χ0n) is 20.6. The molecule has 6 rings (SSSR count). The summed E-state index contributed by atoms with van der Waals surface area (Å²) in [6.07, 6.45) is 7.75. The Morgan fingerprint density at radius 1 is 1.14 bits per heavy atom. The largest absolute Gasteiger partial charge is 0.471 e. The maximum absolute atomic E-state index is 12.3. The quantitative estimate of drug-likeness (QED) is 0.484. The van der Waals surface area contributed by atoms with Crippen molar-refractivity contribution < 1.29 is 14.3 Å². The normalized spacial score (nSPS) is 24.3. The number of nitrogens with two attached hydrogens (primary N) is 1. The number of esters is 1. The molecule has 0 amide bonds. The van der Waals surface area contributed by atoms with Crippen LogP contribution in [0.1, 0.15) is 80.9 Å². The van der Waals surface area contributed by atoms with Crippen LogP contribution < -0.4 is 15.8 Å². The molecule has 182 valence electrons. The molecule has 1 aliphatic heterocycles. The number of ether oxygens (including phenoxy) is 2. The van der Waals surface area contributed by atoms with E-state index >= 15 is 0 Å². The zero-order valence-corrected chi connectivity index (χ0v) is 20.6. The Kier molecular flexibility index (Phi) is 4.84. The first-order valence-corrected chi connectivity index (χ1v) is 12.4. The average Bonchev–Trinajstić information content (AvgIpc) is 3.74. The van der Waals surface area contributed by atoms with Gasteiger partial charge in [0, 0.05) is 23.9 Å². The molecule has 0 aromatic carbocycles. The number of rotatable bonds is 6. The Hall–Kier alpha value is -3.26. The van der Waals surface area contributed by atoms with Gasteiger partial charge in [0.15, 0.2) is 0 Å². The molecule has 4 heterocycles. The van der Waals surface area contributed by atoms with E-state index in [1.807, 2.05) is 26.1 Å². The van der Waals surface area contributed by atoms with Gasteiger partial charge in [0.05, 0.1) is 16.6 Å². The van der Waals surface area contributed by atoms with E-state index in [9.17, 15) is 4.79 Å². The third kappa shape index (κ3) is 3.89. The molecule has 8 nitrogen and oxygen atoms in total. The van der Waals surface area contributed by atoms with Crippen LogP contribution in [-0.4, -0.2) is 32.6 Å². The van der Waals surface area contributed by atoms with Gasteiger partial charge in [-0.25, -0.2) is 19.7 Å². The number of pyridine rings is 3. The Bertz CT molecular complexity index is 1350. The van der Waals surface area contributed by atoms with Gasteiger partial charge in [-0.3, -0.25) is 0 Å². The van der Waals surface area contributed by atoms with Gasteiger partial charge < -0.3 is 20.5 Å². The molecule has 0 saturated heterocycles. The molecule has 35 heavy (non-hydrogen) atoms. The van der Waals surface area contributed by atoms with Crippen molar-refractivity contribution in [1.29, 1.82) is 0 Å². The van der Waals surface area contributed by atoms with Crippen molar-refractivity contribution >= 4 is 28.4 Å². The third-order valence-electron chi connectivity index (χ3n) is 7.87. The molecule has 3 aliphatic rings. The predicted octanol–water partition coefficient (Wildman–Crippen LogP) is 4.95. The highest BCUT2D eigenvalue weighted by molar-refractivity contribution is 5.93. The summed E-state index contributed by atoms with van der Waals surface area (Å²) in [7, 11) is 0. The standard InChI is InChI=1S/C27H31N5O3/c1-14-15(2)34-25(33)17-7-8-21(32-23(14)17)31-22-11-18-19(12-29-22)24(35-26(3)9-10-26)30-13-20(18)27(4,28)16-5-6-16/h7-8,11-16H,5-6,9-10,28H2,1-4H3,(H,29,31,32)/t14-,15-,27-/m0/s1. The molecule has 2 fully saturated rings. The number of hydrogen-bond acceptors (Lipinski definition) is 8. The number of nitrogens with zero attached hydrogens (tertiary/aromatic N) is 3. The lowest BCUT2D eigenvalue weighted by molar-refractivity contribution is 0.0235. The Morgan fingerprint density at radius 2 is 1.91 bits per heavy atom. The fourth-order valence-electron chi connectivity index (χ4n) is 4.86. The summed E-state index contributed by atoms with van der Waals surface area (Å²) in [5, 5.41) is 5.17. The number of carbonyl (C=O) groups excluding carboxylic acids is 1. The van der Waals surface area contributed by atoms with Crippen molar-refractivity contribution in [3.63, 3.8) is 0 Å². The highest BCUT2D eigenvalue weighted by Crippen LogP contribution is 2.47. The smallest absolute Gasteiger partial charge is 0.340 e. The van der Waals surface area contributed by atoms with Crippen molar-refractivity contribution in [2.24, 2.45) is 11.7 Å². The van der Waals surface area contributed by atoms with Gasteiger partial charge >= 0.3 is 5.97 Å². The van der Waals surface area contributed by atoms with Crippen LogP contribution in [0.5, 0.6) is 5.88 Å². The summed E-state index contributed by atoms with van der Waals surface area (Å²) in [6.45, 7) is 8.10. The van der Waals surface area contributed by atoms with Crippen LogP contribution in [-0.2, 0) is 10.3 Å². The molecule has 2 aliphatic carbocycles. The first-order chi connectivity index (χ1) is 16.6. The average molecular weight is 474 g/mol. The van der Waals surface area contributed by atoms with Crippen molar-refractivity contribution in [1.82, 2.24) is 15.0 Å². The SMILES string of the molecule is C[C@@H]1OC(=O)c2ccc(Nc3cc4c([C@@](C)(N)C5CC5)cnc(OC5(C)CC5)c4cn3)nc2[C@H]1C. The fraction of sp³-hybridized carbons (Fsp3) is 0.481. The van der Waals surface area contributed by atoms with Crippen LogP contribution in [0.25, 0.3) is 10.8 Å². The summed E-state index contributed by atoms with van der Waals surface area (Å²) in [5.41, 5.74) is 8.46. The van der Waals surface area contributed by atoms with Crippen LogP contribution in [0.4, 0.5) is 11.6 Å². The van der Waals surface area contributed by atoms with E-state index < -0.39 is 5.54 Å². The second kappa shape index (κ2) is 7.62. The molecule has 3 aromatic heterocycles. The summed E-state index contributed by atoms with van der Waals surface area (Å²) >= 11 is 0. The Labute approximate surface area is 204 Å². The van der Waals surface area contributed by atoms with Gasteiger partial charge in [-0.1, -0.05) is 6.92 Å². The molecule has 3 N–H and O–H groups in total. The zero-order chi connectivity index (χ0) is 24.5. The number of aromatic nitrogens is 3. The number of carbonyl (C=O) groups is 1. The number of nitrogens with one attached hydrogen (secondary N) is 1. The number of fused-ring (bicyclic) bond motifs is 2. The fourth-order valence-corrected chi connectivity index (χ4v) is 4.86. The first kappa shape index (κ1) is 22.2. The molecule has 0 radical (unpaired) electrons. The molecule has 3 aromatic rings. The van der Waals surface area contributed by atoms with E-state index in [4.69, 9.17) is 20.2 Å². The maximum atomic E-state index is 12.3. The van der Waals surface area contributed by atoms with Crippen LogP contribution in [0.2, 0.25) is 0 Å². The number of anilines is 2. The van der Waals surface area contributed by atoms with Crippen molar-refractivity contribution in [2.45, 2.75) is 76.5 Å². The van der Waals surface area contributed by atoms with E-state index in [0.717, 1.165) is 47.7 Å². The molecule has 2 saturated carbocycles. The second-order valence-electron chi connectivity index (χ2n) is 10.9. The minimum Gasteiger partial charge on any atom is -0.471 e. The van der Waals surface area contributed by atoms with Crippen LogP contribution in [0.15, 0.2) is 30.6 Å². The summed E-state index contributed by atoms with van der Waals surface area (Å²) < 4.78 is 11.7. The first-order valence-electron chi connectivity index (χ1n) is 12.4. The van der Waals surface area contributed by atoms with Crippen LogP contribution >= 0.6 is 0 Å². The predicted molar refractivity (Wildman–Crippen MR) is 133 cm³/mol. The maximum Gasteiger partial charge on any atom is 0.340 e. The van der Waals surface area contributed by atoms with Gasteiger partial charge in [0.1, 0.15) is 23.3 Å². The van der Waals surface area contributed by atoms with Crippen molar-refractivity contribution in [3.05, 3.63) is 47.4 Å². The molecular formula is C27H31N5O3. The Balaban J connectivity index is 1.40. The molecule has 8 heteroatoms. The highest BCUT2D eigenvalue weighted by Gasteiger charge is 2.43. The van der Waals surface area contributed by atoms with E-state index in [1.54, 1.807) is 18.3 Å². The highest BCUT2D eigenvalue weighted by atomic mass is 16.5. The minimum absolute atomic E-state index is 0.00618. The number of cyclic esters (lactones) is 1. The molecule has 0 spiro atoms. The van der Waals surface area contributed by atoms with Crippen LogP contribution in [0, 0.1) is 5.92 Å². The molecular weight excluding hydrogens is 442 g/mol. The second-order valence-corrected chi connectivity index (χ2v) is 10.9. The van der Waals surface area contributed by atoms with E-state index in [0.29, 0.717) is 29.0 Å². The third-order valence-corrected chi connectivity index (χ3v) is 7.87. The Morgan fingerprint density at radius 3 is 2.63 bits per heavy atom. The summed E-state index contributed by atoms with van der Waals surface area (Å²) in [4.78, 5) is 26.3. The van der Waals surface area contributed by atoms with E-state index in [-0.39, 0.29) is 23.6 Å². The van der Waals surface area contributed by atoms with Gasteiger partial charge in [0.25, 0.3) is 0 Å². The molecule has 3 atom stereocenters. The molecule has 0 bridgehead atoms. The van der Waals surface area contributed by atoms with Crippen molar-refractivity contribution in [2.75, 3.05) is 5.32 Å². The van der Waals surface area contributed by atoms with Gasteiger partial charge in [-0.2, -0.15) is 0 Å². The van der Waals surface area contributed by atoms with Gasteiger partial charge in [-0.15, -0.1) is 0 Å². The van der Waals surface area contributed by atoms with E-state index in [1.165, 1.54) is 0 Å². The van der Waals surface area contributed by atoms with Crippen molar-refractivity contribution in [3.8, 4) is 5.88 Å². The van der Waals surface area contributed by atoms with E-state index in [2.05, 4.69) is 29.1 Å². The van der Waals surface area contributed by atoms with Crippen LogP contribution in [0.3, 0.4) is 0 Å². The lowest BCUT2D eigenvalue weighted by Crippen LogP contribution is -2.35.